The quantitative estimate of drug-likeness (QED) is 0.175. The van der Waals surface area contributed by atoms with Crippen molar-refractivity contribution in [2.75, 3.05) is 13.1 Å². The molecule has 4 heterocycles. The number of fused-ring (bicyclic) bond motifs is 4. The number of nitrogens with zero attached hydrogens (tertiary/aromatic N) is 2. The lowest BCUT2D eigenvalue weighted by atomic mass is 9.73. The van der Waals surface area contributed by atoms with E-state index in [1.807, 2.05) is 6.20 Å². The zero-order valence-electron chi connectivity index (χ0n) is 25.1. The third-order valence-electron chi connectivity index (χ3n) is 10.9. The lowest BCUT2D eigenvalue weighted by Crippen LogP contribution is -2.19. The minimum atomic E-state index is 0.333. The minimum Gasteiger partial charge on any atom is -0.341 e. The highest BCUT2D eigenvalue weighted by molar-refractivity contribution is 5.86. The summed E-state index contributed by atoms with van der Waals surface area (Å²) in [5, 5.41) is 7.22. The second-order valence-corrected chi connectivity index (χ2v) is 13.9. The van der Waals surface area contributed by atoms with Gasteiger partial charge in [-0.3, -0.25) is 0 Å². The summed E-state index contributed by atoms with van der Waals surface area (Å²) in [4.78, 5) is 16.9. The maximum Gasteiger partial charge on any atom is 0.124 e. The molecule has 218 valence electrons. The molecular weight excluding hydrogens is 528 g/mol. The largest absolute Gasteiger partial charge is 0.341 e. The van der Waals surface area contributed by atoms with E-state index in [2.05, 4.69) is 89.0 Å². The van der Waals surface area contributed by atoms with Crippen molar-refractivity contribution in [2.45, 2.75) is 64.0 Å². The molecular formula is C37H40N6. The summed E-state index contributed by atoms with van der Waals surface area (Å²) < 4.78 is 0. The topological polar surface area (TPSA) is 81.4 Å². The molecule has 9 rings (SSSR count). The van der Waals surface area contributed by atoms with E-state index in [-0.39, 0.29) is 0 Å². The third kappa shape index (κ3) is 4.29. The van der Waals surface area contributed by atoms with E-state index < -0.39 is 0 Å². The van der Waals surface area contributed by atoms with E-state index >= 15 is 0 Å². The van der Waals surface area contributed by atoms with Crippen molar-refractivity contribution in [1.82, 2.24) is 30.6 Å². The van der Waals surface area contributed by atoms with Gasteiger partial charge in [0.15, 0.2) is 0 Å². The van der Waals surface area contributed by atoms with Gasteiger partial charge in [0.05, 0.1) is 35.0 Å². The summed E-state index contributed by atoms with van der Waals surface area (Å²) in [6.45, 7) is 6.74. The van der Waals surface area contributed by atoms with E-state index in [4.69, 9.17) is 9.97 Å². The summed E-state index contributed by atoms with van der Waals surface area (Å²) in [7, 11) is 0. The smallest absolute Gasteiger partial charge is 0.124 e. The molecule has 6 heteroatoms. The summed E-state index contributed by atoms with van der Waals surface area (Å²) in [5.41, 5.74) is 13.1. The van der Waals surface area contributed by atoms with Gasteiger partial charge >= 0.3 is 0 Å². The zero-order valence-corrected chi connectivity index (χ0v) is 25.1. The molecule has 1 saturated carbocycles. The van der Waals surface area contributed by atoms with Gasteiger partial charge in [0.1, 0.15) is 11.6 Å². The van der Waals surface area contributed by atoms with Crippen molar-refractivity contribution in [3.8, 4) is 33.5 Å². The van der Waals surface area contributed by atoms with Gasteiger partial charge in [0.25, 0.3) is 0 Å². The summed E-state index contributed by atoms with van der Waals surface area (Å²) in [5.74, 6) is 5.02. The number of hydrogen-bond acceptors (Lipinski definition) is 4. The van der Waals surface area contributed by atoms with Crippen LogP contribution in [0.2, 0.25) is 0 Å². The molecule has 6 atom stereocenters. The molecule has 4 aliphatic rings. The lowest BCUT2D eigenvalue weighted by molar-refractivity contribution is 0.281. The maximum absolute atomic E-state index is 4.95. The van der Waals surface area contributed by atoms with Gasteiger partial charge in [-0.1, -0.05) is 56.3 Å². The molecule has 3 aromatic carbocycles. The lowest BCUT2D eigenvalue weighted by Gasteiger charge is -2.31. The number of imidazole rings is 2. The molecule has 0 amide bonds. The van der Waals surface area contributed by atoms with Crippen LogP contribution in [-0.2, 0) is 6.42 Å². The number of hydrogen-bond donors (Lipinski definition) is 4. The number of rotatable bonds is 5. The average Bonchev–Trinajstić information content (AvgIpc) is 3.83. The van der Waals surface area contributed by atoms with Crippen molar-refractivity contribution in [3.63, 3.8) is 0 Å². The fraction of sp³-hybridized carbons (Fsp3) is 0.405. The van der Waals surface area contributed by atoms with Crippen LogP contribution in [0.25, 0.3) is 44.5 Å². The van der Waals surface area contributed by atoms with Crippen molar-refractivity contribution in [2.24, 2.45) is 17.8 Å². The Balaban J connectivity index is 1.04. The first kappa shape index (κ1) is 25.7. The van der Waals surface area contributed by atoms with Gasteiger partial charge in [-0.2, -0.15) is 0 Å². The predicted octanol–water partition coefficient (Wildman–Crippen LogP) is 7.68. The average molecular weight is 569 g/mol. The van der Waals surface area contributed by atoms with Crippen LogP contribution < -0.4 is 10.6 Å². The Labute approximate surface area is 253 Å². The normalized spacial score (nSPS) is 27.9. The standard InChI is InChI=1S/C37H40N6/c1-20-13-32(38-17-20)36-40-19-34(43-36)23-5-3-22(4-6-23)27-11-10-26(29-15-24-7-9-28(24)35(27)29)25-8-12-30-31(16-25)42-37(41-30)33-14-21(2)18-39-33/h3-6,8,10-12,16,19-21,24,28,32-33,38-39H,7,9,13-15,17-18H2,1-2H3,(H,40,43)(H,41,42)/t20-,21-,24?,28?,32-,33-/m0/s1. The molecule has 3 fully saturated rings. The van der Waals surface area contributed by atoms with Crippen molar-refractivity contribution < 1.29 is 0 Å². The van der Waals surface area contributed by atoms with Crippen LogP contribution in [0.5, 0.6) is 0 Å². The number of aromatic amines is 2. The Morgan fingerprint density at radius 2 is 1.44 bits per heavy atom. The third-order valence-corrected chi connectivity index (χ3v) is 10.9. The fourth-order valence-corrected chi connectivity index (χ4v) is 8.38. The molecule has 2 aliphatic carbocycles. The van der Waals surface area contributed by atoms with Crippen molar-refractivity contribution in [1.29, 1.82) is 0 Å². The van der Waals surface area contributed by atoms with E-state index in [1.165, 1.54) is 47.1 Å². The first-order valence-electron chi connectivity index (χ1n) is 16.4. The molecule has 2 aromatic heterocycles. The van der Waals surface area contributed by atoms with Crippen LogP contribution in [0, 0.1) is 17.8 Å². The number of benzene rings is 3. The van der Waals surface area contributed by atoms with Gasteiger partial charge < -0.3 is 20.6 Å². The molecule has 0 bridgehead atoms. The van der Waals surface area contributed by atoms with Crippen molar-refractivity contribution in [3.05, 3.63) is 83.6 Å². The van der Waals surface area contributed by atoms with Crippen molar-refractivity contribution >= 4 is 11.0 Å². The first-order valence-corrected chi connectivity index (χ1v) is 16.4. The van der Waals surface area contributed by atoms with E-state index in [9.17, 15) is 0 Å². The second kappa shape index (κ2) is 9.90. The molecule has 5 aromatic rings. The SMILES string of the molecule is C[C@@H]1CN[C@H](c2ncc(-c3ccc(-c4ccc(-c5ccc6nc([C@@H]7C[C@H](C)CN7)[nH]c6c5)c5c4C4CCC4C5)cc3)[nH]2)C1. The van der Waals surface area contributed by atoms with E-state index in [0.29, 0.717) is 29.8 Å². The summed E-state index contributed by atoms with van der Waals surface area (Å²) in [6, 6.07) is 21.4. The Bertz CT molecular complexity index is 1830. The van der Waals surface area contributed by atoms with Crippen LogP contribution in [0.1, 0.15) is 80.3 Å². The maximum atomic E-state index is 4.95. The van der Waals surface area contributed by atoms with Gasteiger partial charge in [-0.05, 0) is 120 Å². The van der Waals surface area contributed by atoms with Crippen LogP contribution in [-0.4, -0.2) is 33.0 Å². The van der Waals surface area contributed by atoms with E-state index in [1.54, 1.807) is 11.1 Å². The molecule has 6 nitrogen and oxygen atoms in total. The zero-order chi connectivity index (χ0) is 28.7. The molecule has 2 unspecified atom stereocenters. The predicted molar refractivity (Wildman–Crippen MR) is 173 cm³/mol. The number of H-pyrrole nitrogens is 2. The Morgan fingerprint density at radius 1 is 0.721 bits per heavy atom. The summed E-state index contributed by atoms with van der Waals surface area (Å²) in [6.07, 6.45) is 8.14. The molecule has 2 aliphatic heterocycles. The van der Waals surface area contributed by atoms with Crippen LogP contribution in [0.4, 0.5) is 0 Å². The summed E-state index contributed by atoms with van der Waals surface area (Å²) >= 11 is 0. The highest BCUT2D eigenvalue weighted by Gasteiger charge is 2.42. The Morgan fingerprint density at radius 3 is 2.16 bits per heavy atom. The fourth-order valence-electron chi connectivity index (χ4n) is 8.38. The molecule has 0 radical (unpaired) electrons. The molecule has 2 saturated heterocycles. The number of nitrogens with one attached hydrogen (secondary N) is 4. The molecule has 4 N–H and O–H groups in total. The van der Waals surface area contributed by atoms with Crippen LogP contribution in [0.15, 0.2) is 60.8 Å². The molecule has 0 spiro atoms. The minimum absolute atomic E-state index is 0.333. The Kier molecular flexibility index (Phi) is 5.92. The van der Waals surface area contributed by atoms with Crippen LogP contribution >= 0.6 is 0 Å². The highest BCUT2D eigenvalue weighted by Crippen LogP contribution is 2.56. The van der Waals surface area contributed by atoms with Gasteiger partial charge in [-0.25, -0.2) is 9.97 Å². The number of aromatic nitrogens is 4. The van der Waals surface area contributed by atoms with E-state index in [0.717, 1.165) is 60.2 Å². The first-order chi connectivity index (χ1) is 21.1. The van der Waals surface area contributed by atoms with Crippen LogP contribution in [0.3, 0.4) is 0 Å². The Hall–Kier alpha value is -3.74. The van der Waals surface area contributed by atoms with Gasteiger partial charge in [-0.15, -0.1) is 0 Å². The molecule has 43 heavy (non-hydrogen) atoms. The highest BCUT2D eigenvalue weighted by atomic mass is 15.1. The second-order valence-electron chi connectivity index (χ2n) is 13.9. The van der Waals surface area contributed by atoms with Gasteiger partial charge in [0.2, 0.25) is 0 Å². The monoisotopic (exact) mass is 568 g/mol. The van der Waals surface area contributed by atoms with Gasteiger partial charge in [0, 0.05) is 0 Å².